The van der Waals surface area contributed by atoms with Crippen LogP contribution in [0.3, 0.4) is 0 Å². The molecule has 5 rings (SSSR count). The molecule has 1 aliphatic rings. The first-order chi connectivity index (χ1) is 26.4. The van der Waals surface area contributed by atoms with Crippen molar-refractivity contribution in [3.8, 4) is 5.69 Å². The molecule has 1 aliphatic heterocycles. The summed E-state index contributed by atoms with van der Waals surface area (Å²) in [7, 11) is -7.74. The third kappa shape index (κ3) is 14.3. The van der Waals surface area contributed by atoms with E-state index in [0.29, 0.717) is 27.5 Å². The second-order valence-electron chi connectivity index (χ2n) is 11.3. The molecule has 0 bridgehead atoms. The van der Waals surface area contributed by atoms with E-state index in [1.807, 2.05) is 0 Å². The van der Waals surface area contributed by atoms with Gasteiger partial charge in [-0.3, -0.25) is 33.7 Å². The quantitative estimate of drug-likeness (QED) is 0.0869. The summed E-state index contributed by atoms with van der Waals surface area (Å²) in [5.74, 6) is -3.17. The number of thioether (sulfide) groups is 1. The smallest absolute Gasteiger partial charge is 0.355 e. The summed E-state index contributed by atoms with van der Waals surface area (Å²) in [6, 6.07) is 4.83. The zero-order valence-electron chi connectivity index (χ0n) is 29.1. The standard InChI is InChI=1S/C14H13ClFN3O3S2.C11H10Cl2F2N4O3S.C3H8NO5P/c15-8-5-9(16)10(6-11(8)23-7-12(20)21)17-13-18-3-1-2-4-19(18)14(22)24-13;1-5-16-19(11(20)18(5)10(14)15)9-4-8(17-23(2,21)22)6(12)3-7(9)13;5-3(6)1-4-2-10(7,8)9/h5-6H,1-4,7H2,(H,20,21);3-4,10,17H,1-2H3;4H,1-2H2,(H,5,6)(H2,7,8,9). The first-order valence-electron chi connectivity index (χ1n) is 15.5. The largest absolute Gasteiger partial charge is 0.481 e. The van der Waals surface area contributed by atoms with Gasteiger partial charge in [-0.2, -0.15) is 13.5 Å². The van der Waals surface area contributed by atoms with Crippen LogP contribution in [-0.2, 0) is 37.3 Å². The van der Waals surface area contributed by atoms with E-state index in [9.17, 15) is 45.3 Å². The first kappa shape index (κ1) is 47.7. The van der Waals surface area contributed by atoms with Gasteiger partial charge in [0, 0.05) is 18.0 Å². The molecule has 0 aliphatic carbocycles. The fourth-order valence-electron chi connectivity index (χ4n) is 4.52. The van der Waals surface area contributed by atoms with Gasteiger partial charge in [0.2, 0.25) is 14.8 Å². The van der Waals surface area contributed by atoms with Gasteiger partial charge in [0.05, 0.1) is 51.3 Å². The van der Waals surface area contributed by atoms with Crippen LogP contribution < -0.4 is 25.4 Å². The second-order valence-corrected chi connectivity index (χ2v) is 17.9. The van der Waals surface area contributed by atoms with Crippen molar-refractivity contribution in [2.24, 2.45) is 4.99 Å². The van der Waals surface area contributed by atoms with Crippen molar-refractivity contribution in [1.29, 1.82) is 0 Å². The fraction of sp³-hybridized carbons (Fsp3) is 0.357. The van der Waals surface area contributed by atoms with Gasteiger partial charge in [-0.05, 0) is 55.4 Å². The minimum Gasteiger partial charge on any atom is -0.481 e. The number of alkyl halides is 2. The molecule has 57 heavy (non-hydrogen) atoms. The van der Waals surface area contributed by atoms with Crippen molar-refractivity contribution < 1.29 is 55.7 Å². The number of rotatable bonds is 12. The number of aryl methyl sites for hydroxylation is 1. The van der Waals surface area contributed by atoms with Gasteiger partial charge in [-0.15, -0.1) is 16.9 Å². The first-order valence-corrected chi connectivity index (χ1v) is 22.1. The van der Waals surface area contributed by atoms with Crippen molar-refractivity contribution in [1.82, 2.24) is 29.0 Å². The molecule has 0 radical (unpaired) electrons. The molecule has 0 saturated heterocycles. The molecule has 314 valence electrons. The Kier molecular flexibility index (Phi) is 17.0. The molecule has 3 heterocycles. The predicted octanol–water partition coefficient (Wildman–Crippen LogP) is 3.92. The maximum absolute atomic E-state index is 14.2. The van der Waals surface area contributed by atoms with E-state index in [4.69, 9.17) is 54.8 Å². The molecule has 0 unspecified atom stereocenters. The average Bonchev–Trinajstić information content (AvgIpc) is 3.56. The van der Waals surface area contributed by atoms with Crippen LogP contribution in [0.4, 0.5) is 24.5 Å². The molecular formula is C28H31Cl3F3N8O11PS3. The topological polar surface area (TPSA) is 269 Å². The Morgan fingerprint density at radius 3 is 2.21 bits per heavy atom. The van der Waals surface area contributed by atoms with Crippen LogP contribution in [-0.4, -0.2) is 88.9 Å². The van der Waals surface area contributed by atoms with Crippen LogP contribution in [0.25, 0.3) is 5.69 Å². The molecule has 0 amide bonds. The number of nitrogens with one attached hydrogen (secondary N) is 2. The summed E-state index contributed by atoms with van der Waals surface area (Å²) in [5.41, 5.74) is -1.23. The number of sulfonamides is 1. The van der Waals surface area contributed by atoms with Gasteiger partial charge in [-0.25, -0.2) is 31.8 Å². The molecule has 29 heteroatoms. The number of halogens is 6. The maximum Gasteiger partial charge on any atom is 0.355 e. The number of anilines is 1. The summed E-state index contributed by atoms with van der Waals surface area (Å²) in [6.45, 7) is -0.994. The van der Waals surface area contributed by atoms with Crippen LogP contribution in [0.5, 0.6) is 0 Å². The second kappa shape index (κ2) is 20.4. The highest BCUT2D eigenvalue weighted by Crippen LogP contribution is 2.34. The lowest BCUT2D eigenvalue weighted by Crippen LogP contribution is -2.31. The van der Waals surface area contributed by atoms with Crippen molar-refractivity contribution >= 4 is 98.8 Å². The molecule has 2 aromatic heterocycles. The van der Waals surface area contributed by atoms with Gasteiger partial charge in [0.1, 0.15) is 17.3 Å². The van der Waals surface area contributed by atoms with E-state index in [2.05, 4.69) is 20.1 Å². The van der Waals surface area contributed by atoms with E-state index in [1.54, 1.807) is 9.36 Å². The van der Waals surface area contributed by atoms with E-state index < -0.39 is 60.4 Å². The minimum absolute atomic E-state index is 0.0257. The van der Waals surface area contributed by atoms with Gasteiger partial charge in [-0.1, -0.05) is 34.8 Å². The normalized spacial score (nSPS) is 13.0. The summed E-state index contributed by atoms with van der Waals surface area (Å²) < 4.78 is 78.9. The van der Waals surface area contributed by atoms with Crippen molar-refractivity contribution in [3.05, 3.63) is 75.9 Å². The fourth-order valence-corrected chi connectivity index (χ4v) is 7.93. The Morgan fingerprint density at radius 2 is 1.67 bits per heavy atom. The molecule has 4 aromatic rings. The van der Waals surface area contributed by atoms with Crippen molar-refractivity contribution in [2.75, 3.05) is 29.6 Å². The summed E-state index contributed by atoms with van der Waals surface area (Å²) in [4.78, 5) is 65.8. The van der Waals surface area contributed by atoms with Crippen LogP contribution in [0.1, 0.15) is 25.2 Å². The Hall–Kier alpha value is -3.65. The number of nitrogens with zero attached hydrogens (tertiary/aromatic N) is 6. The highest BCUT2D eigenvalue weighted by Gasteiger charge is 2.21. The Morgan fingerprint density at radius 1 is 1.04 bits per heavy atom. The minimum atomic E-state index is -4.10. The summed E-state index contributed by atoms with van der Waals surface area (Å²) in [6.07, 6.45) is 2.17. The molecule has 2 aromatic carbocycles. The zero-order valence-corrected chi connectivity index (χ0v) is 34.7. The lowest BCUT2D eigenvalue weighted by atomic mass is 10.3. The number of hydrogen-bond donors (Lipinski definition) is 6. The maximum atomic E-state index is 14.2. The number of fused-ring (bicyclic) bond motifs is 1. The van der Waals surface area contributed by atoms with Crippen LogP contribution in [0.15, 0.2) is 43.7 Å². The predicted molar refractivity (Wildman–Crippen MR) is 206 cm³/mol. The Labute approximate surface area is 342 Å². The van der Waals surface area contributed by atoms with Gasteiger partial charge >= 0.3 is 36.6 Å². The third-order valence-electron chi connectivity index (χ3n) is 6.79. The van der Waals surface area contributed by atoms with E-state index in [1.165, 1.54) is 19.1 Å². The molecule has 0 atom stereocenters. The van der Waals surface area contributed by atoms with Gasteiger partial charge in [0.25, 0.3) is 0 Å². The van der Waals surface area contributed by atoms with E-state index in [0.717, 1.165) is 54.3 Å². The van der Waals surface area contributed by atoms with Crippen molar-refractivity contribution in [2.45, 2.75) is 44.3 Å². The lowest BCUT2D eigenvalue weighted by Gasteiger charge is -2.15. The monoisotopic (exact) mass is 944 g/mol. The molecule has 0 fully saturated rings. The average molecular weight is 946 g/mol. The molecule has 6 N–H and O–H groups in total. The van der Waals surface area contributed by atoms with Gasteiger partial charge in [0.15, 0.2) is 0 Å². The number of hydrogen-bond acceptors (Lipinski definition) is 12. The van der Waals surface area contributed by atoms with Gasteiger partial charge < -0.3 is 20.0 Å². The van der Waals surface area contributed by atoms with Crippen LogP contribution >= 0.6 is 65.5 Å². The Bertz CT molecular complexity index is 2490. The third-order valence-corrected chi connectivity index (χ3v) is 11.0. The van der Waals surface area contributed by atoms with Crippen LogP contribution in [0, 0.1) is 12.7 Å². The molecule has 0 spiro atoms. The molecule has 19 nitrogen and oxygen atoms in total. The number of aromatic nitrogens is 5. The lowest BCUT2D eigenvalue weighted by molar-refractivity contribution is -0.136. The summed E-state index contributed by atoms with van der Waals surface area (Å²) in [5, 5.41) is 22.6. The molecular weight excluding hydrogens is 915 g/mol. The Balaban J connectivity index is 0.000000249. The molecule has 0 saturated carbocycles. The number of benzene rings is 2. The number of carboxylic acid groups (broad SMARTS) is 2. The van der Waals surface area contributed by atoms with Crippen LogP contribution in [0.2, 0.25) is 15.1 Å². The number of aliphatic carboxylic acids is 2. The van der Waals surface area contributed by atoms with E-state index in [-0.39, 0.29) is 53.1 Å². The van der Waals surface area contributed by atoms with E-state index >= 15 is 0 Å². The number of carbonyl (C=O) groups is 2. The van der Waals surface area contributed by atoms with Crippen molar-refractivity contribution in [3.63, 3.8) is 0 Å². The number of carboxylic acids is 2. The SMILES string of the molecule is Cc1nn(-c2cc(NS(C)(=O)=O)c(Cl)cc2Cl)c(=O)n1C(F)F.O=C(O)CNCP(=O)(O)O.O=C(O)CSc1cc(N=c2sc(=O)n3n2CCCC3)c(F)cc1Cl. The zero-order chi connectivity index (χ0) is 43.0. The highest BCUT2D eigenvalue weighted by molar-refractivity contribution is 8.00. The highest BCUT2D eigenvalue weighted by atomic mass is 35.5. The summed E-state index contributed by atoms with van der Waals surface area (Å²) >= 11 is 19.8.